The molecule has 0 spiro atoms. The van der Waals surface area contributed by atoms with Crippen LogP contribution in [0, 0.1) is 0 Å². The first kappa shape index (κ1) is 17.0. The van der Waals surface area contributed by atoms with Crippen molar-refractivity contribution in [3.63, 3.8) is 0 Å². The van der Waals surface area contributed by atoms with E-state index in [-0.39, 0.29) is 30.2 Å². The summed E-state index contributed by atoms with van der Waals surface area (Å²) in [5.74, 6) is -0.263. The van der Waals surface area contributed by atoms with Crippen LogP contribution in [0.15, 0.2) is 39.3 Å². The summed E-state index contributed by atoms with van der Waals surface area (Å²) in [5, 5.41) is 13.4. The third-order valence-electron chi connectivity index (χ3n) is 3.96. The number of benzene rings is 1. The normalized spacial score (nSPS) is 12.5. The van der Waals surface area contributed by atoms with Gasteiger partial charge in [0.25, 0.3) is 11.5 Å². The van der Waals surface area contributed by atoms with Crippen LogP contribution in [0.3, 0.4) is 0 Å². The molecule has 0 unspecified atom stereocenters. The van der Waals surface area contributed by atoms with E-state index in [1.807, 2.05) is 0 Å². The van der Waals surface area contributed by atoms with Crippen LogP contribution in [0.2, 0.25) is 0 Å². The Labute approximate surface area is 146 Å². The summed E-state index contributed by atoms with van der Waals surface area (Å²) in [4.78, 5) is 31.2. The minimum atomic E-state index is -0.270. The van der Waals surface area contributed by atoms with E-state index in [9.17, 15) is 9.59 Å². The van der Waals surface area contributed by atoms with Gasteiger partial charge in [0.1, 0.15) is 0 Å². The second-order valence-corrected chi connectivity index (χ2v) is 5.65. The fraction of sp³-hybridized carbons (Fsp3) is 0.267. The molecule has 1 aromatic carbocycles. The zero-order chi connectivity index (χ0) is 18.5. The quantitative estimate of drug-likeness (QED) is 0.509. The minimum Gasteiger partial charge on any atom is -0.332 e. The summed E-state index contributed by atoms with van der Waals surface area (Å²) in [5.41, 5.74) is 19.5. The number of hydrogen-bond acceptors (Lipinski definition) is 5. The predicted molar refractivity (Wildman–Crippen MR) is 91.4 cm³/mol. The number of carbonyl (C=O) groups excluding carboxylic acids is 1. The smallest absolute Gasteiger partial charge is 0.264 e. The zero-order valence-electron chi connectivity index (χ0n) is 13.5. The maximum absolute atomic E-state index is 12.8. The van der Waals surface area contributed by atoms with Crippen LogP contribution >= 0.6 is 0 Å². The molecule has 11 nitrogen and oxygen atoms in total. The highest BCUT2D eigenvalue weighted by Crippen LogP contribution is 2.23. The average Bonchev–Trinajstić information content (AvgIpc) is 2.65. The molecule has 0 atom stereocenters. The summed E-state index contributed by atoms with van der Waals surface area (Å²) in [6, 6.07) is 6.13. The van der Waals surface area contributed by atoms with Crippen molar-refractivity contribution in [2.45, 2.75) is 19.5 Å². The highest BCUT2D eigenvalue weighted by molar-refractivity contribution is 5.95. The number of H-pyrrole nitrogens is 1. The Morgan fingerprint density at radius 3 is 2.88 bits per heavy atom. The fourth-order valence-electron chi connectivity index (χ4n) is 2.80. The number of carbonyl (C=O) groups is 1. The van der Waals surface area contributed by atoms with E-state index in [0.717, 1.165) is 5.56 Å². The van der Waals surface area contributed by atoms with Crippen LogP contribution in [-0.2, 0) is 19.5 Å². The van der Waals surface area contributed by atoms with Crippen molar-refractivity contribution in [1.29, 1.82) is 0 Å². The van der Waals surface area contributed by atoms with E-state index < -0.39 is 0 Å². The SMILES string of the molecule is [N-]=[N+]=NCc1cc(N=[N+]=[N-])cc(C(=O)N2CCc3cc(=O)[nH]nc3C2)c1. The Bertz CT molecular complexity index is 1020. The van der Waals surface area contributed by atoms with Crippen molar-refractivity contribution < 1.29 is 4.79 Å². The summed E-state index contributed by atoms with van der Waals surface area (Å²) in [7, 11) is 0. The Hall–Kier alpha value is -3.81. The van der Waals surface area contributed by atoms with Crippen LogP contribution in [-0.4, -0.2) is 27.5 Å². The van der Waals surface area contributed by atoms with Crippen molar-refractivity contribution in [2.24, 2.45) is 10.2 Å². The molecule has 0 radical (unpaired) electrons. The molecule has 1 aromatic heterocycles. The van der Waals surface area contributed by atoms with Crippen molar-refractivity contribution in [3.05, 3.63) is 77.9 Å². The molecule has 11 heteroatoms. The summed E-state index contributed by atoms with van der Waals surface area (Å²) in [6.45, 7) is 0.744. The molecule has 2 aromatic rings. The van der Waals surface area contributed by atoms with Gasteiger partial charge >= 0.3 is 0 Å². The zero-order valence-corrected chi connectivity index (χ0v) is 13.5. The molecule has 1 N–H and O–H groups in total. The number of amides is 1. The monoisotopic (exact) mass is 351 g/mol. The number of hydrogen-bond donors (Lipinski definition) is 1. The number of azide groups is 2. The molecule has 1 aliphatic rings. The van der Waals surface area contributed by atoms with Gasteiger partial charge in [0.2, 0.25) is 0 Å². The first-order chi connectivity index (χ1) is 12.6. The molecule has 130 valence electrons. The van der Waals surface area contributed by atoms with Gasteiger partial charge in [-0.25, -0.2) is 5.10 Å². The Balaban J connectivity index is 1.90. The van der Waals surface area contributed by atoms with Gasteiger partial charge in [0, 0.05) is 33.7 Å². The lowest BCUT2D eigenvalue weighted by Crippen LogP contribution is -2.37. The van der Waals surface area contributed by atoms with Gasteiger partial charge < -0.3 is 4.90 Å². The number of aromatic nitrogens is 2. The number of fused-ring (bicyclic) bond motifs is 1. The molecule has 0 bridgehead atoms. The highest BCUT2D eigenvalue weighted by Gasteiger charge is 2.23. The first-order valence-corrected chi connectivity index (χ1v) is 7.67. The van der Waals surface area contributed by atoms with Crippen molar-refractivity contribution in [1.82, 2.24) is 15.1 Å². The summed E-state index contributed by atoms with van der Waals surface area (Å²) in [6.07, 6.45) is 0.527. The van der Waals surface area contributed by atoms with E-state index in [0.29, 0.717) is 29.8 Å². The van der Waals surface area contributed by atoms with Gasteiger partial charge in [-0.2, -0.15) is 5.10 Å². The van der Waals surface area contributed by atoms with E-state index in [4.69, 9.17) is 11.1 Å². The van der Waals surface area contributed by atoms with Gasteiger partial charge in [0.05, 0.1) is 18.8 Å². The highest BCUT2D eigenvalue weighted by atomic mass is 16.2. The lowest BCUT2D eigenvalue weighted by molar-refractivity contribution is 0.0731. The van der Waals surface area contributed by atoms with Gasteiger partial charge in [-0.15, -0.1) is 0 Å². The Morgan fingerprint density at radius 2 is 2.12 bits per heavy atom. The molecule has 1 aliphatic heterocycles. The lowest BCUT2D eigenvalue weighted by Gasteiger charge is -2.27. The molecule has 26 heavy (non-hydrogen) atoms. The molecule has 3 rings (SSSR count). The van der Waals surface area contributed by atoms with Crippen LogP contribution in [0.4, 0.5) is 5.69 Å². The number of nitrogens with zero attached hydrogens (tertiary/aromatic N) is 8. The summed E-state index contributed by atoms with van der Waals surface area (Å²) < 4.78 is 0. The van der Waals surface area contributed by atoms with Gasteiger partial charge in [0.15, 0.2) is 0 Å². The van der Waals surface area contributed by atoms with Crippen molar-refractivity contribution in [2.75, 3.05) is 6.54 Å². The van der Waals surface area contributed by atoms with Gasteiger partial charge in [-0.1, -0.05) is 10.2 Å². The number of aromatic amines is 1. The van der Waals surface area contributed by atoms with Crippen molar-refractivity contribution in [3.8, 4) is 0 Å². The maximum atomic E-state index is 12.8. The van der Waals surface area contributed by atoms with Crippen molar-refractivity contribution >= 4 is 11.6 Å². The average molecular weight is 351 g/mol. The van der Waals surface area contributed by atoms with Crippen LogP contribution < -0.4 is 5.56 Å². The van der Waals surface area contributed by atoms with E-state index in [2.05, 4.69) is 30.2 Å². The fourth-order valence-corrected chi connectivity index (χ4v) is 2.80. The molecule has 0 saturated heterocycles. The third kappa shape index (κ3) is 3.64. The minimum absolute atomic E-state index is 0.0389. The van der Waals surface area contributed by atoms with Gasteiger partial charge in [-0.05, 0) is 46.8 Å². The second kappa shape index (κ2) is 7.39. The largest absolute Gasteiger partial charge is 0.332 e. The third-order valence-corrected chi connectivity index (χ3v) is 3.96. The molecule has 0 aliphatic carbocycles. The number of rotatable bonds is 4. The molecule has 0 fully saturated rings. The molecule has 0 saturated carbocycles. The Kier molecular flexibility index (Phi) is 4.84. The van der Waals surface area contributed by atoms with Crippen LogP contribution in [0.25, 0.3) is 20.9 Å². The first-order valence-electron chi connectivity index (χ1n) is 7.67. The lowest BCUT2D eigenvalue weighted by atomic mass is 10.0. The van der Waals surface area contributed by atoms with Gasteiger partial charge in [-0.3, -0.25) is 9.59 Å². The maximum Gasteiger partial charge on any atom is 0.264 e. The van der Waals surface area contributed by atoms with E-state index in [1.54, 1.807) is 17.0 Å². The van der Waals surface area contributed by atoms with E-state index >= 15 is 0 Å². The predicted octanol–water partition coefficient (Wildman–Crippen LogP) is 2.72. The molecule has 2 heterocycles. The second-order valence-electron chi connectivity index (χ2n) is 5.65. The summed E-state index contributed by atoms with van der Waals surface area (Å²) >= 11 is 0. The molecular weight excluding hydrogens is 338 g/mol. The van der Waals surface area contributed by atoms with Crippen LogP contribution in [0.1, 0.15) is 27.2 Å². The Morgan fingerprint density at radius 1 is 1.27 bits per heavy atom. The number of nitrogens with one attached hydrogen (secondary N) is 1. The molecule has 1 amide bonds. The van der Waals surface area contributed by atoms with E-state index in [1.165, 1.54) is 12.1 Å². The molecular formula is C15H13N9O2. The van der Waals surface area contributed by atoms with Crippen LogP contribution in [0.5, 0.6) is 0 Å². The standard InChI is InChI=1S/C15H13N9O2/c16-22-18-7-9-3-11(5-12(4-9)19-23-17)15(26)24-2-1-10-6-14(25)21-20-13(10)8-24/h3-6H,1-2,7-8H2,(H,21,25). The topological polar surface area (TPSA) is 164 Å².